The van der Waals surface area contributed by atoms with Gasteiger partial charge in [-0.05, 0) is 48.9 Å². The molecule has 3 N–H and O–H groups in total. The molecule has 0 aliphatic rings. The number of rotatable bonds is 7. The molecule has 2 aromatic carbocycles. The van der Waals surface area contributed by atoms with Gasteiger partial charge < -0.3 is 15.8 Å². The zero-order valence-corrected chi connectivity index (χ0v) is 17.7. The molecule has 0 fully saturated rings. The molecule has 7 nitrogen and oxygen atoms in total. The lowest BCUT2D eigenvalue weighted by atomic mass is 10.0. The SMILES string of the molecule is CN=C(N)c1ccc(C(=O)Nc2ccc(OC)cc2C(=O)Cc2ccc(C)cn2)cc1. The number of ketones is 1. The quantitative estimate of drug-likeness (QED) is 0.349. The van der Waals surface area contributed by atoms with Crippen LogP contribution in [-0.4, -0.2) is 36.7 Å². The molecule has 1 aromatic heterocycles. The molecule has 0 spiro atoms. The van der Waals surface area contributed by atoms with E-state index < -0.39 is 0 Å². The Kier molecular flexibility index (Phi) is 6.77. The second-order valence-corrected chi connectivity index (χ2v) is 6.98. The average Bonchev–Trinajstić information content (AvgIpc) is 2.80. The van der Waals surface area contributed by atoms with Gasteiger partial charge in [-0.25, -0.2) is 0 Å². The Labute approximate surface area is 181 Å². The minimum absolute atomic E-state index is 0.112. The highest BCUT2D eigenvalue weighted by atomic mass is 16.5. The lowest BCUT2D eigenvalue weighted by Gasteiger charge is -2.12. The lowest BCUT2D eigenvalue weighted by Crippen LogP contribution is -2.17. The van der Waals surface area contributed by atoms with Gasteiger partial charge in [0.25, 0.3) is 5.91 Å². The van der Waals surface area contributed by atoms with Crippen LogP contribution in [0.2, 0.25) is 0 Å². The largest absolute Gasteiger partial charge is 0.497 e. The van der Waals surface area contributed by atoms with Gasteiger partial charge in [-0.3, -0.25) is 19.6 Å². The molecule has 0 unspecified atom stereocenters. The van der Waals surface area contributed by atoms with Crippen LogP contribution in [0.15, 0.2) is 65.8 Å². The zero-order valence-electron chi connectivity index (χ0n) is 17.7. The number of methoxy groups -OCH3 is 1. The first kappa shape index (κ1) is 21.7. The Morgan fingerprint density at radius 3 is 2.39 bits per heavy atom. The molecule has 7 heteroatoms. The van der Waals surface area contributed by atoms with E-state index in [1.54, 1.807) is 55.7 Å². The number of aromatic nitrogens is 1. The summed E-state index contributed by atoms with van der Waals surface area (Å²) in [6.07, 6.45) is 1.83. The molecule has 0 aliphatic carbocycles. The van der Waals surface area contributed by atoms with Crippen molar-refractivity contribution in [3.05, 3.63) is 88.7 Å². The van der Waals surface area contributed by atoms with Crippen LogP contribution in [0.3, 0.4) is 0 Å². The van der Waals surface area contributed by atoms with Crippen molar-refractivity contribution < 1.29 is 14.3 Å². The fourth-order valence-corrected chi connectivity index (χ4v) is 2.97. The fourth-order valence-electron chi connectivity index (χ4n) is 2.97. The summed E-state index contributed by atoms with van der Waals surface area (Å²) in [5.74, 6) is 0.399. The van der Waals surface area contributed by atoms with Crippen molar-refractivity contribution in [1.29, 1.82) is 0 Å². The predicted molar refractivity (Wildman–Crippen MR) is 121 cm³/mol. The zero-order chi connectivity index (χ0) is 22.4. The number of amides is 1. The molecule has 0 saturated carbocycles. The van der Waals surface area contributed by atoms with Crippen molar-refractivity contribution in [2.75, 3.05) is 19.5 Å². The molecule has 1 heterocycles. The number of nitrogens with two attached hydrogens (primary N) is 1. The minimum Gasteiger partial charge on any atom is -0.497 e. The van der Waals surface area contributed by atoms with E-state index in [1.165, 1.54) is 7.11 Å². The number of aryl methyl sites for hydroxylation is 1. The number of anilines is 1. The van der Waals surface area contributed by atoms with Gasteiger partial charge in [0.2, 0.25) is 0 Å². The number of carbonyl (C=O) groups is 2. The molecule has 0 aliphatic heterocycles. The summed E-state index contributed by atoms with van der Waals surface area (Å²) in [7, 11) is 3.13. The molecule has 0 saturated heterocycles. The monoisotopic (exact) mass is 416 g/mol. The highest BCUT2D eigenvalue weighted by molar-refractivity contribution is 6.10. The van der Waals surface area contributed by atoms with Gasteiger partial charge in [-0.15, -0.1) is 0 Å². The van der Waals surface area contributed by atoms with Crippen LogP contribution in [0.25, 0.3) is 0 Å². The van der Waals surface area contributed by atoms with Crippen molar-refractivity contribution in [3.8, 4) is 5.75 Å². The highest BCUT2D eigenvalue weighted by Crippen LogP contribution is 2.24. The van der Waals surface area contributed by atoms with Crippen LogP contribution in [0.5, 0.6) is 5.75 Å². The van der Waals surface area contributed by atoms with Crippen molar-refractivity contribution >= 4 is 23.2 Å². The van der Waals surface area contributed by atoms with Gasteiger partial charge in [-0.1, -0.05) is 18.2 Å². The number of nitrogens with one attached hydrogen (secondary N) is 1. The molecular formula is C24H24N4O3. The molecule has 0 atom stereocenters. The third kappa shape index (κ3) is 5.33. The number of ether oxygens (including phenoxy) is 1. The van der Waals surface area contributed by atoms with Crippen molar-refractivity contribution in [1.82, 2.24) is 4.98 Å². The first-order valence-corrected chi connectivity index (χ1v) is 9.68. The van der Waals surface area contributed by atoms with Crippen molar-refractivity contribution in [2.45, 2.75) is 13.3 Å². The number of aliphatic imine (C=N–C) groups is 1. The molecule has 1 amide bonds. The summed E-state index contributed by atoms with van der Waals surface area (Å²) in [6, 6.07) is 15.4. The highest BCUT2D eigenvalue weighted by Gasteiger charge is 2.17. The van der Waals surface area contributed by atoms with E-state index in [1.807, 2.05) is 19.1 Å². The van der Waals surface area contributed by atoms with E-state index in [0.717, 1.165) is 11.1 Å². The van der Waals surface area contributed by atoms with Crippen molar-refractivity contribution in [3.63, 3.8) is 0 Å². The lowest BCUT2D eigenvalue weighted by molar-refractivity contribution is 0.0992. The van der Waals surface area contributed by atoms with Gasteiger partial charge in [0.1, 0.15) is 11.6 Å². The fraction of sp³-hybridized carbons (Fsp3) is 0.167. The number of Topliss-reactive ketones (excluding diaryl/α,β-unsaturated/α-hetero) is 1. The number of hydrogen-bond acceptors (Lipinski definition) is 5. The maximum Gasteiger partial charge on any atom is 0.255 e. The van der Waals surface area contributed by atoms with E-state index in [-0.39, 0.29) is 18.1 Å². The summed E-state index contributed by atoms with van der Waals surface area (Å²) in [5, 5.41) is 2.82. The number of nitrogens with zero attached hydrogens (tertiary/aromatic N) is 2. The summed E-state index contributed by atoms with van der Waals surface area (Å²) < 4.78 is 5.26. The predicted octanol–water partition coefficient (Wildman–Crippen LogP) is 3.41. The first-order valence-electron chi connectivity index (χ1n) is 9.68. The van der Waals surface area contributed by atoms with Gasteiger partial charge in [0.05, 0.1) is 19.2 Å². The molecular weight excluding hydrogens is 392 g/mol. The summed E-state index contributed by atoms with van der Waals surface area (Å²) in [4.78, 5) is 34.0. The van der Waals surface area contributed by atoms with Crippen molar-refractivity contribution in [2.24, 2.45) is 10.7 Å². The van der Waals surface area contributed by atoms with Crippen LogP contribution >= 0.6 is 0 Å². The third-order valence-electron chi connectivity index (χ3n) is 4.77. The van der Waals surface area contributed by atoms with E-state index >= 15 is 0 Å². The van der Waals surface area contributed by atoms with E-state index in [2.05, 4.69) is 15.3 Å². The molecule has 0 radical (unpaired) electrons. The summed E-state index contributed by atoms with van der Waals surface area (Å²) in [5.41, 5.74) is 9.38. The number of hydrogen-bond donors (Lipinski definition) is 2. The molecule has 158 valence electrons. The van der Waals surface area contributed by atoms with Gasteiger partial charge in [-0.2, -0.15) is 0 Å². The van der Waals surface area contributed by atoms with E-state index in [9.17, 15) is 9.59 Å². The Hall–Kier alpha value is -4.00. The topological polar surface area (TPSA) is 107 Å². The number of benzene rings is 2. The summed E-state index contributed by atoms with van der Waals surface area (Å²) >= 11 is 0. The minimum atomic E-state index is -0.341. The number of pyridine rings is 1. The molecule has 3 rings (SSSR count). The smallest absolute Gasteiger partial charge is 0.255 e. The van der Waals surface area contributed by atoms with Gasteiger partial charge >= 0.3 is 0 Å². The normalized spacial score (nSPS) is 11.1. The van der Waals surface area contributed by atoms with E-state index in [4.69, 9.17) is 10.5 Å². The first-order chi connectivity index (χ1) is 14.9. The van der Waals surface area contributed by atoms with Gasteiger partial charge in [0.15, 0.2) is 5.78 Å². The number of amidine groups is 1. The Morgan fingerprint density at radius 2 is 1.77 bits per heavy atom. The third-order valence-corrected chi connectivity index (χ3v) is 4.77. The molecule has 31 heavy (non-hydrogen) atoms. The number of carbonyl (C=O) groups excluding carboxylic acids is 2. The van der Waals surface area contributed by atoms with E-state index in [0.29, 0.717) is 34.1 Å². The maximum atomic E-state index is 13.0. The van der Waals surface area contributed by atoms with Crippen LogP contribution in [0.4, 0.5) is 5.69 Å². The van der Waals surface area contributed by atoms with Crippen LogP contribution in [0, 0.1) is 6.92 Å². The standard InChI is InChI=1S/C24H24N4O3/c1-15-4-9-18(27-14-15)12-22(29)20-13-19(31-3)10-11-21(20)28-24(30)17-7-5-16(6-8-17)23(25)26-2/h4-11,13-14H,12H2,1-3H3,(H2,25,26)(H,28,30). The summed E-state index contributed by atoms with van der Waals surface area (Å²) in [6.45, 7) is 1.93. The second-order valence-electron chi connectivity index (χ2n) is 6.98. The Balaban J connectivity index is 1.84. The Morgan fingerprint density at radius 1 is 1.06 bits per heavy atom. The second kappa shape index (κ2) is 9.67. The maximum absolute atomic E-state index is 13.0. The van der Waals surface area contributed by atoms with Crippen LogP contribution in [0.1, 0.15) is 37.5 Å². The molecule has 0 bridgehead atoms. The van der Waals surface area contributed by atoms with Crippen LogP contribution < -0.4 is 15.8 Å². The molecule has 3 aromatic rings. The van der Waals surface area contributed by atoms with Crippen LogP contribution in [-0.2, 0) is 6.42 Å². The average molecular weight is 416 g/mol. The Bertz CT molecular complexity index is 1120. The van der Waals surface area contributed by atoms with Gasteiger partial charge in [0, 0.05) is 35.6 Å².